The van der Waals surface area contributed by atoms with E-state index in [-0.39, 0.29) is 5.82 Å². The highest BCUT2D eigenvalue weighted by atomic mass is 35.5. The molecule has 0 unspecified atom stereocenters. The number of aromatic nitrogens is 1. The molecule has 1 aliphatic heterocycles. The zero-order valence-electron chi connectivity index (χ0n) is 14.6. The van der Waals surface area contributed by atoms with Crippen LogP contribution in [0.5, 0.6) is 0 Å². The molecule has 0 bridgehead atoms. The van der Waals surface area contributed by atoms with Crippen LogP contribution in [-0.4, -0.2) is 23.0 Å². The molecule has 0 atom stereocenters. The van der Waals surface area contributed by atoms with Crippen LogP contribution in [-0.2, 0) is 13.0 Å². The molecule has 134 valence electrons. The second-order valence-electron chi connectivity index (χ2n) is 6.62. The summed E-state index contributed by atoms with van der Waals surface area (Å²) in [4.78, 5) is 6.94. The maximum absolute atomic E-state index is 13.2. The van der Waals surface area contributed by atoms with Crippen molar-refractivity contribution in [2.75, 3.05) is 13.1 Å². The Bertz CT molecular complexity index is 979. The maximum atomic E-state index is 13.2. The topological polar surface area (TPSA) is 29.3 Å². The van der Waals surface area contributed by atoms with E-state index in [1.54, 1.807) is 6.07 Å². The van der Waals surface area contributed by atoms with E-state index in [1.807, 2.05) is 6.07 Å². The lowest BCUT2D eigenvalue weighted by Crippen LogP contribution is -2.28. The molecule has 1 aromatic heterocycles. The van der Waals surface area contributed by atoms with Crippen LogP contribution in [0.1, 0.15) is 30.4 Å². The second-order valence-corrected chi connectivity index (χ2v) is 7.03. The minimum absolute atomic E-state index is 0.304. The third kappa shape index (κ3) is 3.53. The van der Waals surface area contributed by atoms with E-state index in [2.05, 4.69) is 35.0 Å². The fourth-order valence-corrected chi connectivity index (χ4v) is 3.50. The Morgan fingerprint density at radius 1 is 1.23 bits per heavy atom. The zero-order chi connectivity index (χ0) is 18.1. The molecule has 0 aliphatic carbocycles. The van der Waals surface area contributed by atoms with Crippen molar-refractivity contribution in [2.45, 2.75) is 26.3 Å². The Kier molecular flexibility index (Phi) is 4.79. The number of rotatable bonds is 4. The Hall–Kier alpha value is -2.17. The number of oxazole rings is 1. The van der Waals surface area contributed by atoms with Crippen LogP contribution in [0.25, 0.3) is 16.7 Å². The van der Waals surface area contributed by atoms with E-state index < -0.39 is 0 Å². The van der Waals surface area contributed by atoms with E-state index >= 15 is 0 Å². The molecule has 0 N–H and O–H groups in total. The van der Waals surface area contributed by atoms with Crippen molar-refractivity contribution < 1.29 is 8.81 Å². The number of halogens is 2. The Morgan fingerprint density at radius 3 is 2.85 bits per heavy atom. The maximum Gasteiger partial charge on any atom is 0.222 e. The quantitative estimate of drug-likeness (QED) is 0.609. The molecule has 0 fully saturated rings. The predicted octanol–water partition coefficient (Wildman–Crippen LogP) is 5.47. The van der Waals surface area contributed by atoms with Crippen molar-refractivity contribution >= 4 is 28.3 Å². The van der Waals surface area contributed by atoms with Crippen LogP contribution in [0.2, 0.25) is 5.02 Å². The van der Waals surface area contributed by atoms with Crippen LogP contribution in [0.3, 0.4) is 0 Å². The van der Waals surface area contributed by atoms with Gasteiger partial charge in [-0.25, -0.2) is 9.37 Å². The Labute approximate surface area is 157 Å². The third-order valence-corrected chi connectivity index (χ3v) is 5.19. The summed E-state index contributed by atoms with van der Waals surface area (Å²) in [5.74, 6) is 0.412. The van der Waals surface area contributed by atoms with Gasteiger partial charge in [0, 0.05) is 30.2 Å². The first-order chi connectivity index (χ1) is 12.6. The van der Waals surface area contributed by atoms with Gasteiger partial charge in [0.15, 0.2) is 5.58 Å². The lowest BCUT2D eigenvalue weighted by Gasteiger charge is -2.25. The molecule has 0 amide bonds. The molecule has 1 aliphatic rings. The van der Waals surface area contributed by atoms with Gasteiger partial charge in [0.2, 0.25) is 5.89 Å². The van der Waals surface area contributed by atoms with E-state index in [0.717, 1.165) is 48.2 Å². The molecule has 0 saturated heterocycles. The molecule has 3 nitrogen and oxygen atoms in total. The van der Waals surface area contributed by atoms with E-state index in [9.17, 15) is 4.39 Å². The highest BCUT2D eigenvalue weighted by molar-refractivity contribution is 6.31. The van der Waals surface area contributed by atoms with E-state index in [4.69, 9.17) is 16.0 Å². The summed E-state index contributed by atoms with van der Waals surface area (Å²) in [7, 11) is 0. The minimum atomic E-state index is -0.304. The summed E-state index contributed by atoms with van der Waals surface area (Å²) in [6, 6.07) is 10.7. The first-order valence-electron chi connectivity index (χ1n) is 8.87. The van der Waals surface area contributed by atoms with Crippen LogP contribution < -0.4 is 0 Å². The molecular formula is C21H20ClFN2O. The van der Waals surface area contributed by atoms with E-state index in [1.165, 1.54) is 17.7 Å². The average Bonchev–Trinajstić information content (AvgIpc) is 3.07. The van der Waals surface area contributed by atoms with Crippen LogP contribution in [0.15, 0.2) is 46.9 Å². The van der Waals surface area contributed by atoms with Gasteiger partial charge in [-0.2, -0.15) is 0 Å². The molecule has 5 heteroatoms. The molecule has 26 heavy (non-hydrogen) atoms. The second kappa shape index (κ2) is 7.22. The first kappa shape index (κ1) is 17.3. The molecule has 0 radical (unpaired) electrons. The minimum Gasteiger partial charge on any atom is -0.436 e. The van der Waals surface area contributed by atoms with E-state index in [0.29, 0.717) is 17.5 Å². The number of hydrogen-bond acceptors (Lipinski definition) is 3. The Balaban J connectivity index is 1.49. The van der Waals surface area contributed by atoms with Crippen molar-refractivity contribution in [1.82, 2.24) is 9.88 Å². The van der Waals surface area contributed by atoms with Crippen LogP contribution >= 0.6 is 11.6 Å². The van der Waals surface area contributed by atoms with Gasteiger partial charge in [-0.3, -0.25) is 4.90 Å². The summed E-state index contributed by atoms with van der Waals surface area (Å²) in [6.07, 6.45) is 4.01. The highest BCUT2D eigenvalue weighted by Gasteiger charge is 2.18. The molecular weight excluding hydrogens is 351 g/mol. The van der Waals surface area contributed by atoms with Crippen molar-refractivity contribution in [2.24, 2.45) is 0 Å². The molecule has 2 aromatic carbocycles. The SMILES string of the molecule is CCc1ccc2oc(C3=CCN(Cc4ccc(F)cc4Cl)CC3)nc2c1. The van der Waals surface area contributed by atoms with Gasteiger partial charge in [-0.1, -0.05) is 36.7 Å². The van der Waals surface area contributed by atoms with Crippen molar-refractivity contribution in [3.05, 3.63) is 70.3 Å². The number of fused-ring (bicyclic) bond motifs is 1. The number of hydrogen-bond donors (Lipinski definition) is 0. The zero-order valence-corrected chi connectivity index (χ0v) is 15.4. The van der Waals surface area contributed by atoms with Crippen molar-refractivity contribution in [1.29, 1.82) is 0 Å². The average molecular weight is 371 g/mol. The summed E-state index contributed by atoms with van der Waals surface area (Å²) >= 11 is 6.14. The van der Waals surface area contributed by atoms with Gasteiger partial charge in [-0.15, -0.1) is 0 Å². The number of nitrogens with zero attached hydrogens (tertiary/aromatic N) is 2. The highest BCUT2D eigenvalue weighted by Crippen LogP contribution is 2.27. The molecule has 3 aromatic rings. The monoisotopic (exact) mass is 370 g/mol. The molecule has 2 heterocycles. The Morgan fingerprint density at radius 2 is 2.12 bits per heavy atom. The van der Waals surface area contributed by atoms with Gasteiger partial charge in [0.05, 0.1) is 0 Å². The van der Waals surface area contributed by atoms with Crippen molar-refractivity contribution in [3.8, 4) is 0 Å². The summed E-state index contributed by atoms with van der Waals surface area (Å²) < 4.78 is 19.1. The molecule has 0 saturated carbocycles. The van der Waals surface area contributed by atoms with Gasteiger partial charge < -0.3 is 4.42 Å². The number of aryl methyl sites for hydroxylation is 1. The lowest BCUT2D eigenvalue weighted by atomic mass is 10.1. The largest absolute Gasteiger partial charge is 0.436 e. The third-order valence-electron chi connectivity index (χ3n) is 4.84. The normalized spacial score (nSPS) is 15.4. The lowest BCUT2D eigenvalue weighted by molar-refractivity contribution is 0.292. The summed E-state index contributed by atoms with van der Waals surface area (Å²) in [5.41, 5.74) is 5.09. The van der Waals surface area contributed by atoms with Gasteiger partial charge in [0.1, 0.15) is 11.3 Å². The van der Waals surface area contributed by atoms with Gasteiger partial charge in [0.25, 0.3) is 0 Å². The van der Waals surface area contributed by atoms with Crippen LogP contribution in [0, 0.1) is 5.82 Å². The van der Waals surface area contributed by atoms with Crippen LogP contribution in [0.4, 0.5) is 4.39 Å². The van der Waals surface area contributed by atoms with Gasteiger partial charge >= 0.3 is 0 Å². The fourth-order valence-electron chi connectivity index (χ4n) is 3.27. The summed E-state index contributed by atoms with van der Waals surface area (Å²) in [6.45, 7) is 4.52. The molecule has 0 spiro atoms. The molecule has 4 rings (SSSR count). The first-order valence-corrected chi connectivity index (χ1v) is 9.25. The standard InChI is InChI=1S/C21H20ClFN2O/c1-2-14-3-6-20-19(11-14)24-21(26-20)15-7-9-25(10-8-15)13-16-4-5-17(23)12-18(16)22/h3-7,11-12H,2,8-10,13H2,1H3. The smallest absolute Gasteiger partial charge is 0.222 e. The fraction of sp³-hybridized carbons (Fsp3) is 0.286. The summed E-state index contributed by atoms with van der Waals surface area (Å²) in [5, 5.41) is 0.477. The predicted molar refractivity (Wildman–Crippen MR) is 103 cm³/mol. The number of benzene rings is 2. The van der Waals surface area contributed by atoms with Crippen molar-refractivity contribution in [3.63, 3.8) is 0 Å². The van der Waals surface area contributed by atoms with Gasteiger partial charge in [-0.05, 0) is 48.2 Å².